The third-order valence-corrected chi connectivity index (χ3v) is 5.06. The van der Waals surface area contributed by atoms with Gasteiger partial charge in [0.2, 0.25) is 0 Å². The van der Waals surface area contributed by atoms with Crippen LogP contribution in [0.1, 0.15) is 5.56 Å². The molecule has 6 aromatic rings. The molecule has 4 heteroatoms. The fourth-order valence-electron chi connectivity index (χ4n) is 3.93. The lowest BCUT2D eigenvalue weighted by Gasteiger charge is -2.08. The molecule has 0 bridgehead atoms. The Balaban J connectivity index is 1.95. The van der Waals surface area contributed by atoms with Crippen LogP contribution >= 0.6 is 0 Å². The molecule has 6 rings (SSSR count). The summed E-state index contributed by atoms with van der Waals surface area (Å²) >= 11 is 0. The molecular weight excluding hydrogens is 336 g/mol. The Morgan fingerprint density at radius 1 is 0.667 bits per heavy atom. The lowest BCUT2D eigenvalue weighted by Crippen LogP contribution is -1.96. The van der Waals surface area contributed by atoms with Crippen LogP contribution in [-0.2, 0) is 0 Å². The second kappa shape index (κ2) is 5.03. The van der Waals surface area contributed by atoms with Gasteiger partial charge in [-0.25, -0.2) is 0 Å². The summed E-state index contributed by atoms with van der Waals surface area (Å²) in [5.41, 5.74) is 6.27. The molecule has 0 aliphatic rings. The van der Waals surface area contributed by atoms with Gasteiger partial charge in [0, 0.05) is 10.8 Å². The quantitative estimate of drug-likeness (QED) is 0.358. The van der Waals surface area contributed by atoms with Gasteiger partial charge in [-0.15, -0.1) is 0 Å². The van der Waals surface area contributed by atoms with Gasteiger partial charge in [-0.05, 0) is 36.4 Å². The molecule has 0 unspecified atom stereocenters. The van der Waals surface area contributed by atoms with E-state index in [0.29, 0.717) is 16.7 Å². The number of hydrogen-bond acceptors (Lipinski definition) is 3. The van der Waals surface area contributed by atoms with Crippen molar-refractivity contribution < 1.29 is 8.83 Å². The van der Waals surface area contributed by atoms with E-state index in [1.54, 1.807) is 0 Å². The monoisotopic (exact) mass is 348 g/mol. The molecule has 3 aromatic carbocycles. The van der Waals surface area contributed by atoms with Gasteiger partial charge in [0.25, 0.3) is 0 Å². The summed E-state index contributed by atoms with van der Waals surface area (Å²) in [7, 11) is 0. The van der Waals surface area contributed by atoms with Gasteiger partial charge in [-0.2, -0.15) is 5.26 Å². The normalized spacial score (nSPS) is 11.7. The second-order valence-electron chi connectivity index (χ2n) is 6.52. The van der Waals surface area contributed by atoms with Crippen LogP contribution in [0, 0.1) is 11.3 Å². The number of aromatic nitrogens is 1. The first-order valence-electron chi connectivity index (χ1n) is 8.69. The summed E-state index contributed by atoms with van der Waals surface area (Å²) in [4.78, 5) is 0. The van der Waals surface area contributed by atoms with Crippen LogP contribution in [0.15, 0.2) is 81.6 Å². The zero-order valence-electron chi connectivity index (χ0n) is 14.1. The molecule has 0 amide bonds. The van der Waals surface area contributed by atoms with Crippen molar-refractivity contribution in [2.24, 2.45) is 0 Å². The highest BCUT2D eigenvalue weighted by atomic mass is 16.4. The van der Waals surface area contributed by atoms with Gasteiger partial charge in [0.15, 0.2) is 11.2 Å². The SMILES string of the molecule is N#Cc1ccccc1-n1c2c3ccccc3oc2c2oc3ccccc3c21. The van der Waals surface area contributed by atoms with E-state index in [-0.39, 0.29) is 0 Å². The predicted molar refractivity (Wildman–Crippen MR) is 105 cm³/mol. The Kier molecular flexibility index (Phi) is 2.65. The molecule has 0 radical (unpaired) electrons. The van der Waals surface area contributed by atoms with Crippen molar-refractivity contribution in [2.45, 2.75) is 0 Å². The smallest absolute Gasteiger partial charge is 0.196 e. The largest absolute Gasteiger partial charge is 0.450 e. The van der Waals surface area contributed by atoms with E-state index in [9.17, 15) is 5.26 Å². The highest BCUT2D eigenvalue weighted by molar-refractivity contribution is 6.20. The number of nitriles is 1. The fraction of sp³-hybridized carbons (Fsp3) is 0. The number of fused-ring (bicyclic) bond motifs is 7. The van der Waals surface area contributed by atoms with Crippen LogP contribution in [0.4, 0.5) is 0 Å². The van der Waals surface area contributed by atoms with Crippen molar-refractivity contribution in [3.63, 3.8) is 0 Å². The molecule has 0 atom stereocenters. The number of hydrogen-bond donors (Lipinski definition) is 0. The topological polar surface area (TPSA) is 55.0 Å². The van der Waals surface area contributed by atoms with Gasteiger partial charge < -0.3 is 13.4 Å². The highest BCUT2D eigenvalue weighted by Crippen LogP contribution is 2.43. The molecule has 3 heterocycles. The van der Waals surface area contributed by atoms with Crippen molar-refractivity contribution in [3.8, 4) is 11.8 Å². The molecule has 0 saturated carbocycles. The minimum Gasteiger partial charge on any atom is -0.450 e. The fourth-order valence-corrected chi connectivity index (χ4v) is 3.93. The molecule has 3 aromatic heterocycles. The van der Waals surface area contributed by atoms with Crippen molar-refractivity contribution >= 4 is 44.1 Å². The van der Waals surface area contributed by atoms with E-state index in [1.165, 1.54) is 0 Å². The van der Waals surface area contributed by atoms with E-state index in [1.807, 2.05) is 72.8 Å². The minimum absolute atomic E-state index is 0.604. The third kappa shape index (κ3) is 1.75. The van der Waals surface area contributed by atoms with E-state index < -0.39 is 0 Å². The van der Waals surface area contributed by atoms with Crippen LogP contribution in [-0.4, -0.2) is 4.57 Å². The van der Waals surface area contributed by atoms with Gasteiger partial charge in [-0.1, -0.05) is 36.4 Å². The molecular formula is C23H12N2O2. The maximum absolute atomic E-state index is 9.68. The zero-order valence-corrected chi connectivity index (χ0v) is 14.1. The van der Waals surface area contributed by atoms with E-state index in [2.05, 4.69) is 10.6 Å². The van der Waals surface area contributed by atoms with Crippen LogP contribution < -0.4 is 0 Å². The van der Waals surface area contributed by atoms with Gasteiger partial charge in [-0.3, -0.25) is 0 Å². The maximum Gasteiger partial charge on any atom is 0.196 e. The van der Waals surface area contributed by atoms with Crippen LogP contribution in [0.3, 0.4) is 0 Å². The number of nitrogens with zero attached hydrogens (tertiary/aromatic N) is 2. The second-order valence-corrected chi connectivity index (χ2v) is 6.52. The summed E-state index contributed by atoms with van der Waals surface area (Å²) in [6.45, 7) is 0. The summed E-state index contributed by atoms with van der Waals surface area (Å²) in [6.07, 6.45) is 0. The Morgan fingerprint density at radius 3 is 1.78 bits per heavy atom. The number of para-hydroxylation sites is 3. The van der Waals surface area contributed by atoms with E-state index >= 15 is 0 Å². The predicted octanol–water partition coefficient (Wildman–Crippen LogP) is 6.15. The summed E-state index contributed by atoms with van der Waals surface area (Å²) < 4.78 is 14.4. The summed E-state index contributed by atoms with van der Waals surface area (Å²) in [6, 6.07) is 25.8. The molecule has 0 fully saturated rings. The maximum atomic E-state index is 9.68. The van der Waals surface area contributed by atoms with Crippen molar-refractivity contribution in [1.29, 1.82) is 5.26 Å². The summed E-state index contributed by atoms with van der Waals surface area (Å²) in [5, 5.41) is 11.7. The molecule has 126 valence electrons. The van der Waals surface area contributed by atoms with Crippen molar-refractivity contribution in [3.05, 3.63) is 78.4 Å². The molecule has 0 N–H and O–H groups in total. The Hall–Kier alpha value is -3.97. The Morgan fingerprint density at radius 2 is 1.19 bits per heavy atom. The Bertz CT molecular complexity index is 1450. The minimum atomic E-state index is 0.604. The Labute approximate surface area is 153 Å². The average Bonchev–Trinajstić information content (AvgIpc) is 3.36. The van der Waals surface area contributed by atoms with Gasteiger partial charge in [0.05, 0.1) is 11.3 Å². The third-order valence-electron chi connectivity index (χ3n) is 5.06. The zero-order chi connectivity index (χ0) is 18.0. The molecule has 0 aliphatic heterocycles. The molecule has 4 nitrogen and oxygen atoms in total. The molecule has 0 spiro atoms. The van der Waals surface area contributed by atoms with Crippen molar-refractivity contribution in [2.75, 3.05) is 0 Å². The van der Waals surface area contributed by atoms with Gasteiger partial charge in [0.1, 0.15) is 28.3 Å². The van der Waals surface area contributed by atoms with Gasteiger partial charge >= 0.3 is 0 Å². The number of benzene rings is 3. The van der Waals surface area contributed by atoms with E-state index in [0.717, 1.165) is 38.7 Å². The van der Waals surface area contributed by atoms with Crippen molar-refractivity contribution in [1.82, 2.24) is 4.57 Å². The standard InChI is InChI=1S/C23H12N2O2/c24-13-14-7-1-4-10-17(14)25-20-15-8-2-5-11-18(15)26-22(20)23-21(25)16-9-3-6-12-19(16)27-23/h1-12H. The first-order valence-corrected chi connectivity index (χ1v) is 8.69. The first kappa shape index (κ1) is 14.2. The molecule has 0 aliphatic carbocycles. The highest BCUT2D eigenvalue weighted by Gasteiger charge is 2.25. The summed E-state index contributed by atoms with van der Waals surface area (Å²) in [5.74, 6) is 0. The van der Waals surface area contributed by atoms with Crippen LogP contribution in [0.2, 0.25) is 0 Å². The molecule has 0 saturated heterocycles. The molecule has 27 heavy (non-hydrogen) atoms. The lowest BCUT2D eigenvalue weighted by molar-refractivity contribution is 0.634. The first-order chi connectivity index (χ1) is 13.4. The number of furan rings is 2. The lowest BCUT2D eigenvalue weighted by atomic mass is 10.1. The average molecular weight is 348 g/mol. The van der Waals surface area contributed by atoms with Crippen LogP contribution in [0.5, 0.6) is 0 Å². The van der Waals surface area contributed by atoms with E-state index in [4.69, 9.17) is 8.83 Å². The number of rotatable bonds is 1. The van der Waals surface area contributed by atoms with Crippen LogP contribution in [0.25, 0.3) is 49.8 Å².